The smallest absolute Gasteiger partial charge is 0.326 e. The number of benzene rings is 1. The second-order valence-electron chi connectivity index (χ2n) is 7.10. The first-order chi connectivity index (χ1) is 13.5. The molecule has 2 N–H and O–H groups in total. The average molecular weight is 399 g/mol. The summed E-state index contributed by atoms with van der Waals surface area (Å²) in [7, 11) is 3.93. The lowest BCUT2D eigenvalue weighted by atomic mass is 10.1. The lowest BCUT2D eigenvalue weighted by Gasteiger charge is -2.17. The van der Waals surface area contributed by atoms with Crippen molar-refractivity contribution in [2.24, 2.45) is 0 Å². The fourth-order valence-electron chi connectivity index (χ4n) is 3.10. The van der Waals surface area contributed by atoms with Gasteiger partial charge < -0.3 is 15.3 Å². The lowest BCUT2D eigenvalue weighted by Crippen LogP contribution is -2.30. The van der Waals surface area contributed by atoms with E-state index in [0.29, 0.717) is 24.6 Å². The Hall–Kier alpha value is -2.51. The number of carbonyl (C=O) groups is 1. The molecule has 3 rings (SSSR count). The number of hydrogen-bond donors (Lipinski definition) is 2. The van der Waals surface area contributed by atoms with Gasteiger partial charge in [0.05, 0.1) is 11.9 Å². The third-order valence-electron chi connectivity index (χ3n) is 4.48. The molecule has 3 aromatic rings. The number of nitrogens with one attached hydrogen (secondary N) is 1. The van der Waals surface area contributed by atoms with Crippen LogP contribution in [0.5, 0.6) is 0 Å². The molecule has 0 aliphatic heterocycles. The molecule has 0 fully saturated rings. The van der Waals surface area contributed by atoms with Crippen LogP contribution in [0.3, 0.4) is 0 Å². The molecule has 2 aromatic heterocycles. The van der Waals surface area contributed by atoms with Crippen molar-refractivity contribution >= 4 is 33.3 Å². The van der Waals surface area contributed by atoms with E-state index in [9.17, 15) is 9.90 Å². The summed E-state index contributed by atoms with van der Waals surface area (Å²) >= 11 is 1.56. The molecule has 0 aliphatic carbocycles. The highest BCUT2D eigenvalue weighted by molar-refractivity contribution is 7.17. The Labute approximate surface area is 169 Å². The van der Waals surface area contributed by atoms with E-state index in [4.69, 9.17) is 9.97 Å². The second kappa shape index (κ2) is 9.12. The van der Waals surface area contributed by atoms with E-state index in [2.05, 4.69) is 17.6 Å². The van der Waals surface area contributed by atoms with Crippen molar-refractivity contribution in [2.45, 2.75) is 38.8 Å². The maximum Gasteiger partial charge on any atom is 0.326 e. The van der Waals surface area contributed by atoms with Crippen LogP contribution in [0.25, 0.3) is 21.3 Å². The average Bonchev–Trinajstić information content (AvgIpc) is 3.09. The van der Waals surface area contributed by atoms with E-state index >= 15 is 0 Å². The first-order valence-corrected chi connectivity index (χ1v) is 10.3. The molecule has 7 heteroatoms. The Balaban J connectivity index is 2.10. The van der Waals surface area contributed by atoms with E-state index in [1.54, 1.807) is 11.3 Å². The molecule has 1 aromatic carbocycles. The molecule has 28 heavy (non-hydrogen) atoms. The first-order valence-electron chi connectivity index (χ1n) is 9.47. The minimum absolute atomic E-state index is 0.561. The van der Waals surface area contributed by atoms with Crippen LogP contribution in [0.2, 0.25) is 0 Å². The summed E-state index contributed by atoms with van der Waals surface area (Å²) in [6.45, 7) is 2.65. The van der Waals surface area contributed by atoms with Gasteiger partial charge in [-0.1, -0.05) is 50.1 Å². The van der Waals surface area contributed by atoms with Gasteiger partial charge in [0.2, 0.25) is 0 Å². The van der Waals surface area contributed by atoms with Crippen LogP contribution < -0.4 is 5.32 Å². The maximum atomic E-state index is 11.8. The van der Waals surface area contributed by atoms with E-state index in [1.807, 2.05) is 49.3 Å². The fourth-order valence-corrected chi connectivity index (χ4v) is 4.07. The normalized spacial score (nSPS) is 12.4. The summed E-state index contributed by atoms with van der Waals surface area (Å²) in [5.74, 6) is 0.428. The number of carboxylic acid groups (broad SMARTS) is 1. The molecule has 0 aliphatic rings. The van der Waals surface area contributed by atoms with Crippen LogP contribution in [0.4, 0.5) is 5.82 Å². The van der Waals surface area contributed by atoms with Crippen molar-refractivity contribution in [2.75, 3.05) is 19.4 Å². The number of nitrogens with zero attached hydrogens (tertiary/aromatic N) is 3. The number of rotatable bonds is 9. The highest BCUT2D eigenvalue weighted by atomic mass is 32.1. The minimum atomic E-state index is -0.856. The van der Waals surface area contributed by atoms with Crippen molar-refractivity contribution in [1.82, 2.24) is 14.9 Å². The number of thiophene rings is 1. The number of carboxylic acids is 1. The Morgan fingerprint density at radius 2 is 2.00 bits per heavy atom. The van der Waals surface area contributed by atoms with Gasteiger partial charge in [-0.05, 0) is 26.1 Å². The Bertz CT molecular complexity index is 940. The summed E-state index contributed by atoms with van der Waals surface area (Å²) in [5, 5.41) is 15.8. The van der Waals surface area contributed by atoms with Crippen molar-refractivity contribution in [3.63, 3.8) is 0 Å². The third-order valence-corrected chi connectivity index (χ3v) is 5.35. The van der Waals surface area contributed by atoms with Crippen molar-refractivity contribution in [3.8, 4) is 11.1 Å². The standard InChI is InChI=1S/C21H26N4O2S/c1-4-5-11-16(21(26)27)22-19-18-15(14-9-7-6-8-10-14)13-28-20(18)24-17(23-19)12-25(2)3/h6-10,13,16H,4-5,11-12H2,1-3H3,(H,26,27)(H,22,23,24)/t16-/m0/s1. The van der Waals surface area contributed by atoms with Gasteiger partial charge in [0.1, 0.15) is 22.5 Å². The molecular formula is C21H26N4O2S. The molecule has 0 unspecified atom stereocenters. The van der Waals surface area contributed by atoms with Crippen LogP contribution in [-0.2, 0) is 11.3 Å². The van der Waals surface area contributed by atoms with Gasteiger partial charge in [0, 0.05) is 10.9 Å². The van der Waals surface area contributed by atoms with Crippen LogP contribution in [0.15, 0.2) is 35.7 Å². The highest BCUT2D eigenvalue weighted by Crippen LogP contribution is 2.37. The van der Waals surface area contributed by atoms with Gasteiger partial charge in [0.25, 0.3) is 0 Å². The molecule has 0 saturated carbocycles. The zero-order valence-corrected chi connectivity index (χ0v) is 17.3. The highest BCUT2D eigenvalue weighted by Gasteiger charge is 2.22. The topological polar surface area (TPSA) is 78.4 Å². The Morgan fingerprint density at radius 1 is 1.25 bits per heavy atom. The van der Waals surface area contributed by atoms with Crippen molar-refractivity contribution < 1.29 is 9.90 Å². The second-order valence-corrected chi connectivity index (χ2v) is 7.96. The van der Waals surface area contributed by atoms with Gasteiger partial charge in [-0.3, -0.25) is 0 Å². The number of aromatic nitrogens is 2. The molecular weight excluding hydrogens is 372 g/mol. The molecule has 148 valence electrons. The molecule has 0 spiro atoms. The quantitative estimate of drug-likeness (QED) is 0.553. The number of unbranched alkanes of at least 4 members (excludes halogenated alkanes) is 1. The van der Waals surface area contributed by atoms with Gasteiger partial charge in [-0.15, -0.1) is 11.3 Å². The predicted octanol–water partition coefficient (Wildman–Crippen LogP) is 4.48. The van der Waals surface area contributed by atoms with E-state index < -0.39 is 12.0 Å². The Kier molecular flexibility index (Phi) is 6.59. The van der Waals surface area contributed by atoms with Crippen molar-refractivity contribution in [3.05, 3.63) is 41.5 Å². The summed E-state index contributed by atoms with van der Waals surface area (Å²) in [5.41, 5.74) is 2.10. The molecule has 6 nitrogen and oxygen atoms in total. The zero-order valence-electron chi connectivity index (χ0n) is 16.5. The number of anilines is 1. The number of fused-ring (bicyclic) bond motifs is 1. The zero-order chi connectivity index (χ0) is 20.1. The maximum absolute atomic E-state index is 11.8. The molecule has 0 bridgehead atoms. The fraction of sp³-hybridized carbons (Fsp3) is 0.381. The van der Waals surface area contributed by atoms with Gasteiger partial charge in [-0.25, -0.2) is 14.8 Å². The first kappa shape index (κ1) is 20.2. The van der Waals surface area contributed by atoms with Gasteiger partial charge in [0.15, 0.2) is 0 Å². The van der Waals surface area contributed by atoms with E-state index in [1.165, 1.54) is 0 Å². The van der Waals surface area contributed by atoms with E-state index in [0.717, 1.165) is 34.2 Å². The number of hydrogen-bond acceptors (Lipinski definition) is 6. The molecule has 0 amide bonds. The summed E-state index contributed by atoms with van der Waals surface area (Å²) in [6.07, 6.45) is 2.35. The Morgan fingerprint density at radius 3 is 2.64 bits per heavy atom. The summed E-state index contributed by atoms with van der Waals surface area (Å²) in [4.78, 5) is 24.1. The lowest BCUT2D eigenvalue weighted by molar-refractivity contribution is -0.138. The SMILES string of the molecule is CCCC[C@H](Nc1nc(CN(C)C)nc2scc(-c3ccccc3)c12)C(=O)O. The summed E-state index contributed by atoms with van der Waals surface area (Å²) in [6, 6.07) is 9.39. The largest absolute Gasteiger partial charge is 0.480 e. The summed E-state index contributed by atoms with van der Waals surface area (Å²) < 4.78 is 0. The third kappa shape index (κ3) is 4.66. The predicted molar refractivity (Wildman–Crippen MR) is 115 cm³/mol. The van der Waals surface area contributed by atoms with Crippen LogP contribution in [0, 0.1) is 0 Å². The molecule has 1 atom stereocenters. The molecule has 0 radical (unpaired) electrons. The minimum Gasteiger partial charge on any atom is -0.480 e. The molecule has 2 heterocycles. The molecule has 0 saturated heterocycles. The van der Waals surface area contributed by atoms with Gasteiger partial charge >= 0.3 is 5.97 Å². The van der Waals surface area contributed by atoms with E-state index in [-0.39, 0.29) is 0 Å². The van der Waals surface area contributed by atoms with Crippen LogP contribution in [0.1, 0.15) is 32.0 Å². The van der Waals surface area contributed by atoms with Crippen molar-refractivity contribution in [1.29, 1.82) is 0 Å². The monoisotopic (exact) mass is 398 g/mol. The van der Waals surface area contributed by atoms with Crippen LogP contribution >= 0.6 is 11.3 Å². The number of aliphatic carboxylic acids is 1. The van der Waals surface area contributed by atoms with Gasteiger partial charge in [-0.2, -0.15) is 0 Å². The van der Waals surface area contributed by atoms with Crippen LogP contribution in [-0.4, -0.2) is 46.1 Å².